The fraction of sp³-hybridized carbons (Fsp3) is 0.455. The summed E-state index contributed by atoms with van der Waals surface area (Å²) in [6.07, 6.45) is 0.534. The Bertz CT molecular complexity index is 311. The predicted octanol–water partition coefficient (Wildman–Crippen LogP) is 1.65. The van der Waals surface area contributed by atoms with E-state index < -0.39 is 11.6 Å². The molecule has 2 N–H and O–H groups in total. The summed E-state index contributed by atoms with van der Waals surface area (Å²) >= 11 is 0. The SMILES string of the molecule is CNCC(CCO)c1ccc(F)c(F)c1. The molecule has 1 atom stereocenters. The van der Waals surface area contributed by atoms with Gasteiger partial charge in [-0.3, -0.25) is 0 Å². The number of rotatable bonds is 5. The van der Waals surface area contributed by atoms with Gasteiger partial charge in [-0.1, -0.05) is 6.07 Å². The van der Waals surface area contributed by atoms with Gasteiger partial charge in [0.1, 0.15) is 0 Å². The van der Waals surface area contributed by atoms with Gasteiger partial charge < -0.3 is 10.4 Å². The number of aliphatic hydroxyl groups is 1. The number of halogens is 2. The molecule has 4 heteroatoms. The van der Waals surface area contributed by atoms with Crippen molar-refractivity contribution in [2.45, 2.75) is 12.3 Å². The zero-order valence-corrected chi connectivity index (χ0v) is 8.63. The number of hydrogen-bond donors (Lipinski definition) is 2. The van der Waals surface area contributed by atoms with Crippen LogP contribution in [0.1, 0.15) is 17.9 Å². The average Bonchev–Trinajstić information content (AvgIpc) is 2.22. The summed E-state index contributed by atoms with van der Waals surface area (Å²) in [5.41, 5.74) is 0.706. The molecule has 0 saturated heterocycles. The maximum atomic E-state index is 13.0. The Morgan fingerprint density at radius 2 is 2.07 bits per heavy atom. The fourth-order valence-corrected chi connectivity index (χ4v) is 1.56. The number of likely N-dealkylation sites (N-methyl/N-ethyl adjacent to an activating group) is 1. The number of benzene rings is 1. The minimum Gasteiger partial charge on any atom is -0.396 e. The van der Waals surface area contributed by atoms with E-state index >= 15 is 0 Å². The summed E-state index contributed by atoms with van der Waals surface area (Å²) in [6, 6.07) is 3.85. The lowest BCUT2D eigenvalue weighted by Gasteiger charge is -2.15. The molecule has 1 aromatic rings. The van der Waals surface area contributed by atoms with Crippen LogP contribution in [0.4, 0.5) is 8.78 Å². The normalized spacial score (nSPS) is 12.8. The van der Waals surface area contributed by atoms with Crippen molar-refractivity contribution in [2.75, 3.05) is 20.2 Å². The molecule has 15 heavy (non-hydrogen) atoms. The van der Waals surface area contributed by atoms with E-state index in [1.165, 1.54) is 6.07 Å². The van der Waals surface area contributed by atoms with Crippen LogP contribution in [0.5, 0.6) is 0 Å². The van der Waals surface area contributed by atoms with Gasteiger partial charge in [0.25, 0.3) is 0 Å². The highest BCUT2D eigenvalue weighted by Gasteiger charge is 2.12. The van der Waals surface area contributed by atoms with Gasteiger partial charge in [-0.05, 0) is 37.1 Å². The summed E-state index contributed by atoms with van der Waals surface area (Å²) in [7, 11) is 1.78. The van der Waals surface area contributed by atoms with Crippen LogP contribution in [0, 0.1) is 11.6 Å². The Morgan fingerprint density at radius 1 is 1.33 bits per heavy atom. The van der Waals surface area contributed by atoms with Gasteiger partial charge in [0.2, 0.25) is 0 Å². The molecule has 0 heterocycles. The molecular formula is C11H15F2NO. The van der Waals surface area contributed by atoms with E-state index in [0.29, 0.717) is 18.5 Å². The zero-order valence-electron chi connectivity index (χ0n) is 8.63. The maximum Gasteiger partial charge on any atom is 0.159 e. The first-order valence-electron chi connectivity index (χ1n) is 4.89. The molecule has 84 valence electrons. The third-order valence-electron chi connectivity index (χ3n) is 2.34. The Hall–Kier alpha value is -1.00. The molecule has 1 rings (SSSR count). The van der Waals surface area contributed by atoms with E-state index in [1.54, 1.807) is 13.1 Å². The lowest BCUT2D eigenvalue weighted by molar-refractivity contribution is 0.274. The van der Waals surface area contributed by atoms with Crippen LogP contribution in [-0.2, 0) is 0 Å². The third-order valence-corrected chi connectivity index (χ3v) is 2.34. The summed E-state index contributed by atoms with van der Waals surface area (Å²) in [5.74, 6) is -1.67. The first-order chi connectivity index (χ1) is 7.19. The number of nitrogens with one attached hydrogen (secondary N) is 1. The summed E-state index contributed by atoms with van der Waals surface area (Å²) in [4.78, 5) is 0. The smallest absolute Gasteiger partial charge is 0.159 e. The Balaban J connectivity index is 2.85. The van der Waals surface area contributed by atoms with E-state index in [4.69, 9.17) is 5.11 Å². The van der Waals surface area contributed by atoms with E-state index in [0.717, 1.165) is 6.07 Å². The van der Waals surface area contributed by atoms with E-state index in [9.17, 15) is 8.78 Å². The van der Waals surface area contributed by atoms with Crippen LogP contribution in [0.2, 0.25) is 0 Å². The summed E-state index contributed by atoms with van der Waals surface area (Å²) in [5, 5.41) is 11.8. The van der Waals surface area contributed by atoms with Crippen molar-refractivity contribution in [3.63, 3.8) is 0 Å². The van der Waals surface area contributed by atoms with Gasteiger partial charge in [0, 0.05) is 13.2 Å². The van der Waals surface area contributed by atoms with Crippen LogP contribution in [-0.4, -0.2) is 25.3 Å². The Kier molecular flexibility index (Phi) is 4.65. The highest BCUT2D eigenvalue weighted by molar-refractivity contribution is 5.22. The lowest BCUT2D eigenvalue weighted by Crippen LogP contribution is -2.18. The van der Waals surface area contributed by atoms with Crippen molar-refractivity contribution in [1.29, 1.82) is 0 Å². The molecule has 0 aromatic heterocycles. The highest BCUT2D eigenvalue weighted by atomic mass is 19.2. The van der Waals surface area contributed by atoms with Crippen LogP contribution in [0.3, 0.4) is 0 Å². The Morgan fingerprint density at radius 3 is 2.60 bits per heavy atom. The van der Waals surface area contributed by atoms with Gasteiger partial charge in [0.15, 0.2) is 11.6 Å². The molecule has 0 radical (unpaired) electrons. The van der Waals surface area contributed by atoms with Crippen molar-refractivity contribution in [2.24, 2.45) is 0 Å². The van der Waals surface area contributed by atoms with E-state index in [-0.39, 0.29) is 12.5 Å². The van der Waals surface area contributed by atoms with Crippen molar-refractivity contribution < 1.29 is 13.9 Å². The molecule has 0 spiro atoms. The van der Waals surface area contributed by atoms with Crippen molar-refractivity contribution in [3.05, 3.63) is 35.4 Å². The van der Waals surface area contributed by atoms with Crippen LogP contribution in [0.15, 0.2) is 18.2 Å². The quantitative estimate of drug-likeness (QED) is 0.782. The average molecular weight is 215 g/mol. The molecule has 0 amide bonds. The van der Waals surface area contributed by atoms with Crippen LogP contribution >= 0.6 is 0 Å². The second-order valence-corrected chi connectivity index (χ2v) is 3.44. The van der Waals surface area contributed by atoms with E-state index in [1.807, 2.05) is 0 Å². The fourth-order valence-electron chi connectivity index (χ4n) is 1.56. The van der Waals surface area contributed by atoms with Gasteiger partial charge in [-0.2, -0.15) is 0 Å². The minimum atomic E-state index is -0.842. The first-order valence-corrected chi connectivity index (χ1v) is 4.89. The van der Waals surface area contributed by atoms with Crippen molar-refractivity contribution >= 4 is 0 Å². The molecular weight excluding hydrogens is 200 g/mol. The Labute approximate surface area is 87.9 Å². The molecule has 0 fully saturated rings. The van der Waals surface area contributed by atoms with Crippen LogP contribution < -0.4 is 5.32 Å². The second kappa shape index (κ2) is 5.78. The molecule has 0 saturated carbocycles. The van der Waals surface area contributed by atoms with Crippen molar-refractivity contribution in [1.82, 2.24) is 5.32 Å². The topological polar surface area (TPSA) is 32.3 Å². The number of hydrogen-bond acceptors (Lipinski definition) is 2. The first kappa shape index (κ1) is 12.1. The standard InChI is InChI=1S/C11H15F2NO/c1-14-7-9(4-5-15)8-2-3-10(12)11(13)6-8/h2-3,6,9,14-15H,4-5,7H2,1H3. The third kappa shape index (κ3) is 3.25. The van der Waals surface area contributed by atoms with Gasteiger partial charge in [-0.25, -0.2) is 8.78 Å². The van der Waals surface area contributed by atoms with Gasteiger partial charge >= 0.3 is 0 Å². The highest BCUT2D eigenvalue weighted by Crippen LogP contribution is 2.20. The molecule has 2 nitrogen and oxygen atoms in total. The van der Waals surface area contributed by atoms with Gasteiger partial charge in [0.05, 0.1) is 0 Å². The summed E-state index contributed by atoms with van der Waals surface area (Å²) < 4.78 is 25.7. The van der Waals surface area contributed by atoms with Gasteiger partial charge in [-0.15, -0.1) is 0 Å². The molecule has 0 aliphatic heterocycles. The maximum absolute atomic E-state index is 13.0. The minimum absolute atomic E-state index is 0.00935. The molecule has 1 unspecified atom stereocenters. The largest absolute Gasteiger partial charge is 0.396 e. The number of aliphatic hydroxyl groups excluding tert-OH is 1. The molecule has 0 aliphatic rings. The van der Waals surface area contributed by atoms with Crippen molar-refractivity contribution in [3.8, 4) is 0 Å². The zero-order chi connectivity index (χ0) is 11.3. The molecule has 1 aromatic carbocycles. The monoisotopic (exact) mass is 215 g/mol. The second-order valence-electron chi connectivity index (χ2n) is 3.44. The predicted molar refractivity (Wildman–Crippen MR) is 54.7 cm³/mol. The summed E-state index contributed by atoms with van der Waals surface area (Å²) in [6.45, 7) is 0.664. The molecule has 0 aliphatic carbocycles. The van der Waals surface area contributed by atoms with Crippen LogP contribution in [0.25, 0.3) is 0 Å². The lowest BCUT2D eigenvalue weighted by atomic mass is 9.96. The van der Waals surface area contributed by atoms with E-state index in [2.05, 4.69) is 5.32 Å². The molecule has 0 bridgehead atoms.